The van der Waals surface area contributed by atoms with Crippen molar-refractivity contribution in [3.8, 4) is 5.75 Å². The molecule has 3 rings (SSSR count). The van der Waals surface area contributed by atoms with E-state index in [1.807, 2.05) is 0 Å². The fraction of sp³-hybridized carbons (Fsp3) is 0.333. The first kappa shape index (κ1) is 17.8. The van der Waals surface area contributed by atoms with Crippen LogP contribution in [0.2, 0.25) is 10.0 Å². The van der Waals surface area contributed by atoms with E-state index < -0.39 is 5.63 Å². The minimum atomic E-state index is -0.428. The lowest BCUT2D eigenvalue weighted by molar-refractivity contribution is 0.0594. The molecule has 0 aliphatic carbocycles. The zero-order valence-corrected chi connectivity index (χ0v) is 15.1. The number of likely N-dealkylation sites (tertiary alicyclic amines) is 1. The lowest BCUT2D eigenvalue weighted by Gasteiger charge is -2.32. The zero-order valence-electron chi connectivity index (χ0n) is 13.6. The SMILES string of the molecule is Cc1cc(OC2CCN(C(=O)c3ccc(Cl)c(Cl)c3)CC2)cc(=O)o1. The van der Waals surface area contributed by atoms with Gasteiger partial charge in [-0.05, 0) is 25.1 Å². The Kier molecular flexibility index (Phi) is 5.35. The summed E-state index contributed by atoms with van der Waals surface area (Å²) in [6.45, 7) is 2.85. The van der Waals surface area contributed by atoms with Crippen LogP contribution in [0.15, 0.2) is 39.5 Å². The average molecular weight is 382 g/mol. The second-order valence-corrected chi connectivity index (χ2v) is 6.78. The van der Waals surface area contributed by atoms with Crippen molar-refractivity contribution in [1.82, 2.24) is 4.90 Å². The summed E-state index contributed by atoms with van der Waals surface area (Å²) in [6, 6.07) is 7.90. The molecular weight excluding hydrogens is 365 g/mol. The highest BCUT2D eigenvalue weighted by molar-refractivity contribution is 6.42. The molecule has 1 aliphatic rings. The van der Waals surface area contributed by atoms with Gasteiger partial charge in [0.25, 0.3) is 5.91 Å². The molecule has 0 spiro atoms. The summed E-state index contributed by atoms with van der Waals surface area (Å²) >= 11 is 11.9. The van der Waals surface area contributed by atoms with Gasteiger partial charge in [-0.3, -0.25) is 4.79 Å². The van der Waals surface area contributed by atoms with E-state index in [1.165, 1.54) is 6.07 Å². The van der Waals surface area contributed by atoms with E-state index in [0.717, 1.165) is 0 Å². The Bertz CT molecular complexity index is 841. The average Bonchev–Trinajstić information content (AvgIpc) is 2.56. The van der Waals surface area contributed by atoms with Crippen molar-refractivity contribution in [3.63, 3.8) is 0 Å². The van der Waals surface area contributed by atoms with Crippen LogP contribution in [0.25, 0.3) is 0 Å². The molecule has 0 atom stereocenters. The largest absolute Gasteiger partial charge is 0.490 e. The fourth-order valence-electron chi connectivity index (χ4n) is 2.82. The van der Waals surface area contributed by atoms with Crippen molar-refractivity contribution in [2.45, 2.75) is 25.9 Å². The van der Waals surface area contributed by atoms with E-state index in [4.69, 9.17) is 32.4 Å². The van der Waals surface area contributed by atoms with Crippen LogP contribution in [0, 0.1) is 6.92 Å². The number of benzene rings is 1. The molecule has 0 bridgehead atoms. The zero-order chi connectivity index (χ0) is 18.0. The number of amides is 1. The number of nitrogens with zero attached hydrogens (tertiary/aromatic N) is 1. The number of hydrogen-bond donors (Lipinski definition) is 0. The summed E-state index contributed by atoms with van der Waals surface area (Å²) in [5.41, 5.74) is 0.0901. The Labute approximate surface area is 155 Å². The summed E-state index contributed by atoms with van der Waals surface area (Å²) in [6.07, 6.45) is 1.33. The Morgan fingerprint density at radius 2 is 1.88 bits per heavy atom. The minimum absolute atomic E-state index is 0.0425. The van der Waals surface area contributed by atoms with Gasteiger partial charge in [0.05, 0.1) is 16.1 Å². The molecule has 7 heteroatoms. The van der Waals surface area contributed by atoms with Crippen molar-refractivity contribution in [2.24, 2.45) is 0 Å². The standard InChI is InChI=1S/C18H17Cl2NO4/c1-11-8-14(10-17(22)24-11)25-13-4-6-21(7-5-13)18(23)12-2-3-15(19)16(20)9-12/h2-3,8-10,13H,4-7H2,1H3. The number of halogens is 2. The normalized spacial score (nSPS) is 15.2. The smallest absolute Gasteiger partial charge is 0.339 e. The van der Waals surface area contributed by atoms with E-state index in [1.54, 1.807) is 36.1 Å². The van der Waals surface area contributed by atoms with E-state index in [2.05, 4.69) is 0 Å². The molecule has 0 saturated carbocycles. The summed E-state index contributed by atoms with van der Waals surface area (Å²) in [5.74, 6) is 0.936. The Morgan fingerprint density at radius 1 is 1.16 bits per heavy atom. The van der Waals surface area contributed by atoms with Crippen LogP contribution in [0.5, 0.6) is 5.75 Å². The molecule has 1 saturated heterocycles. The van der Waals surface area contributed by atoms with Gasteiger partial charge in [0, 0.05) is 37.6 Å². The first-order valence-corrected chi connectivity index (χ1v) is 8.71. The minimum Gasteiger partial charge on any atom is -0.490 e. The second-order valence-electron chi connectivity index (χ2n) is 5.96. The van der Waals surface area contributed by atoms with Gasteiger partial charge < -0.3 is 14.1 Å². The summed E-state index contributed by atoms with van der Waals surface area (Å²) in [5, 5.41) is 0.789. The van der Waals surface area contributed by atoms with Gasteiger partial charge in [-0.15, -0.1) is 0 Å². The molecule has 1 amide bonds. The first-order valence-electron chi connectivity index (χ1n) is 7.95. The summed E-state index contributed by atoms with van der Waals surface area (Å²) in [4.78, 5) is 25.7. The topological polar surface area (TPSA) is 59.8 Å². The van der Waals surface area contributed by atoms with Crippen LogP contribution < -0.4 is 10.4 Å². The van der Waals surface area contributed by atoms with Crippen molar-refractivity contribution < 1.29 is 13.9 Å². The van der Waals surface area contributed by atoms with Crippen LogP contribution in [-0.4, -0.2) is 30.0 Å². The van der Waals surface area contributed by atoms with Gasteiger partial charge in [-0.2, -0.15) is 0 Å². The molecule has 1 fully saturated rings. The van der Waals surface area contributed by atoms with Gasteiger partial charge in [0.1, 0.15) is 17.6 Å². The number of rotatable bonds is 3. The number of ether oxygens (including phenoxy) is 1. The molecule has 1 aliphatic heterocycles. The third-order valence-corrected chi connectivity index (χ3v) is 4.80. The lowest BCUT2D eigenvalue weighted by Crippen LogP contribution is -2.41. The molecule has 0 unspecified atom stereocenters. The van der Waals surface area contributed by atoms with Crippen LogP contribution in [0.4, 0.5) is 0 Å². The van der Waals surface area contributed by atoms with Crippen LogP contribution in [0.1, 0.15) is 29.0 Å². The van der Waals surface area contributed by atoms with Gasteiger partial charge >= 0.3 is 5.63 Å². The lowest BCUT2D eigenvalue weighted by atomic mass is 10.1. The van der Waals surface area contributed by atoms with E-state index in [9.17, 15) is 9.59 Å². The van der Waals surface area contributed by atoms with Gasteiger partial charge in [-0.25, -0.2) is 4.79 Å². The molecule has 2 heterocycles. The fourth-order valence-corrected chi connectivity index (χ4v) is 3.12. The predicted octanol–water partition coefficient (Wildman–Crippen LogP) is 3.94. The van der Waals surface area contributed by atoms with Crippen LogP contribution in [0.3, 0.4) is 0 Å². The third-order valence-electron chi connectivity index (χ3n) is 4.07. The van der Waals surface area contributed by atoms with Crippen LogP contribution in [-0.2, 0) is 0 Å². The number of hydrogen-bond acceptors (Lipinski definition) is 4. The monoisotopic (exact) mass is 381 g/mol. The molecule has 1 aromatic heterocycles. The summed E-state index contributed by atoms with van der Waals surface area (Å²) in [7, 11) is 0. The van der Waals surface area contributed by atoms with Crippen molar-refractivity contribution in [2.75, 3.05) is 13.1 Å². The molecular formula is C18H17Cl2NO4. The molecule has 132 valence electrons. The number of piperidine rings is 1. The highest BCUT2D eigenvalue weighted by Crippen LogP contribution is 2.25. The number of aryl methyl sites for hydroxylation is 1. The van der Waals surface area contributed by atoms with Crippen molar-refractivity contribution in [1.29, 1.82) is 0 Å². The maximum Gasteiger partial charge on any atom is 0.339 e. The maximum absolute atomic E-state index is 12.5. The van der Waals surface area contributed by atoms with E-state index in [-0.39, 0.29) is 12.0 Å². The number of carbonyl (C=O) groups excluding carboxylic acids is 1. The van der Waals surface area contributed by atoms with Gasteiger partial charge in [0.15, 0.2) is 0 Å². The van der Waals surface area contributed by atoms with Crippen molar-refractivity contribution in [3.05, 3.63) is 62.1 Å². The Morgan fingerprint density at radius 3 is 2.52 bits per heavy atom. The molecule has 25 heavy (non-hydrogen) atoms. The van der Waals surface area contributed by atoms with Gasteiger partial charge in [0.2, 0.25) is 0 Å². The Balaban J connectivity index is 1.60. The Hall–Kier alpha value is -1.98. The molecule has 2 aromatic rings. The van der Waals surface area contributed by atoms with Gasteiger partial charge in [-0.1, -0.05) is 23.2 Å². The maximum atomic E-state index is 12.5. The molecule has 0 radical (unpaired) electrons. The summed E-state index contributed by atoms with van der Waals surface area (Å²) < 4.78 is 10.8. The van der Waals surface area contributed by atoms with E-state index >= 15 is 0 Å². The van der Waals surface area contributed by atoms with Crippen LogP contribution >= 0.6 is 23.2 Å². The molecule has 0 N–H and O–H groups in total. The van der Waals surface area contributed by atoms with Crippen molar-refractivity contribution >= 4 is 29.1 Å². The number of carbonyl (C=O) groups is 1. The molecule has 5 nitrogen and oxygen atoms in total. The quantitative estimate of drug-likeness (QED) is 0.807. The van der Waals surface area contributed by atoms with E-state index in [0.29, 0.717) is 53.0 Å². The highest BCUT2D eigenvalue weighted by Gasteiger charge is 2.25. The molecule has 1 aromatic carbocycles. The first-order chi connectivity index (χ1) is 11.9. The third kappa shape index (κ3) is 4.35. The highest BCUT2D eigenvalue weighted by atomic mass is 35.5. The predicted molar refractivity (Wildman–Crippen MR) is 95.7 cm³/mol. The second kappa shape index (κ2) is 7.50.